The summed E-state index contributed by atoms with van der Waals surface area (Å²) in [7, 11) is 0. The Hall–Kier alpha value is -7.23. The maximum absolute atomic E-state index is 5.40. The molecule has 0 saturated heterocycles. The molecule has 0 saturated carbocycles. The second kappa shape index (κ2) is 12.4. The first-order valence-electron chi connectivity index (χ1n) is 18.8. The predicted octanol–water partition coefficient (Wildman–Crippen LogP) is 12.6. The van der Waals surface area contributed by atoms with Gasteiger partial charge in [-0.2, -0.15) is 0 Å². The van der Waals surface area contributed by atoms with Crippen molar-refractivity contribution >= 4 is 0 Å². The molecule has 0 N–H and O–H groups in total. The molecule has 2 aliphatic carbocycles. The van der Waals surface area contributed by atoms with Crippen LogP contribution in [-0.2, 0) is 5.41 Å². The molecule has 3 heteroatoms. The van der Waals surface area contributed by atoms with Gasteiger partial charge in [0.05, 0.1) is 16.8 Å². The third kappa shape index (κ3) is 4.80. The molecule has 0 atom stereocenters. The van der Waals surface area contributed by atoms with E-state index in [2.05, 4.69) is 181 Å². The highest BCUT2D eigenvalue weighted by molar-refractivity contribution is 5.99. The first-order chi connectivity index (χ1) is 27.3. The van der Waals surface area contributed by atoms with Crippen LogP contribution in [0.4, 0.5) is 0 Å². The molecule has 0 radical (unpaired) electrons. The van der Waals surface area contributed by atoms with Crippen molar-refractivity contribution in [1.82, 2.24) is 15.0 Å². The quantitative estimate of drug-likeness (QED) is 0.179. The van der Waals surface area contributed by atoms with Gasteiger partial charge in [-0.3, -0.25) is 4.98 Å². The summed E-state index contributed by atoms with van der Waals surface area (Å²) in [6.07, 6.45) is 3.70. The van der Waals surface area contributed by atoms with Gasteiger partial charge in [-0.05, 0) is 78.9 Å². The molecule has 0 aliphatic heterocycles. The number of fused-ring (bicyclic) bond motifs is 10. The summed E-state index contributed by atoms with van der Waals surface area (Å²) in [5.41, 5.74) is 19.3. The van der Waals surface area contributed by atoms with Gasteiger partial charge in [0.1, 0.15) is 0 Å². The molecule has 2 aromatic heterocycles. The number of aromatic nitrogens is 3. The van der Waals surface area contributed by atoms with Crippen LogP contribution in [-0.4, -0.2) is 15.0 Å². The van der Waals surface area contributed by atoms with Crippen molar-refractivity contribution in [3.8, 4) is 78.4 Å². The lowest BCUT2D eigenvalue weighted by Gasteiger charge is -2.30. The predicted molar refractivity (Wildman–Crippen MR) is 223 cm³/mol. The van der Waals surface area contributed by atoms with Gasteiger partial charge < -0.3 is 0 Å². The molecule has 2 heterocycles. The van der Waals surface area contributed by atoms with Gasteiger partial charge in [-0.15, -0.1) is 0 Å². The first-order valence-corrected chi connectivity index (χ1v) is 18.8. The van der Waals surface area contributed by atoms with Crippen LogP contribution in [0, 0.1) is 0 Å². The molecule has 256 valence electrons. The topological polar surface area (TPSA) is 38.7 Å². The second-order valence-electron chi connectivity index (χ2n) is 14.3. The van der Waals surface area contributed by atoms with E-state index in [9.17, 15) is 0 Å². The number of hydrogen-bond donors (Lipinski definition) is 0. The van der Waals surface area contributed by atoms with E-state index in [1.165, 1.54) is 50.1 Å². The summed E-state index contributed by atoms with van der Waals surface area (Å²) in [4.78, 5) is 15.0. The molecule has 55 heavy (non-hydrogen) atoms. The molecule has 11 rings (SSSR count). The van der Waals surface area contributed by atoms with Crippen LogP contribution in [0.15, 0.2) is 200 Å². The summed E-state index contributed by atoms with van der Waals surface area (Å²) < 4.78 is 0. The number of pyridine rings is 1. The third-order valence-corrected chi connectivity index (χ3v) is 11.4. The van der Waals surface area contributed by atoms with E-state index in [0.29, 0.717) is 5.82 Å². The fourth-order valence-corrected chi connectivity index (χ4v) is 9.03. The van der Waals surface area contributed by atoms with Gasteiger partial charge >= 0.3 is 0 Å². The standard InChI is InChI=1S/C52H33N3/c1-2-12-34(13-3-1)35-25-29-38(30-26-35)51-54-48(37-27-23-36(24-28-37)39-14-11-31-53-33-39)32-49(55-51)43-18-10-22-47-50(43)42-17-6-9-21-46(42)52(47)44-19-7-4-15-40(44)41-16-5-8-20-45(41)52/h1-33H. The Balaban J connectivity index is 1.13. The monoisotopic (exact) mass is 699 g/mol. The molecule has 0 unspecified atom stereocenters. The number of benzene rings is 7. The minimum absolute atomic E-state index is 0.427. The van der Waals surface area contributed by atoms with Crippen molar-refractivity contribution in [3.63, 3.8) is 0 Å². The molecule has 2 aliphatic rings. The van der Waals surface area contributed by atoms with Crippen LogP contribution in [0.25, 0.3) is 78.4 Å². The Labute approximate surface area is 320 Å². The van der Waals surface area contributed by atoms with Crippen molar-refractivity contribution < 1.29 is 0 Å². The minimum Gasteiger partial charge on any atom is -0.264 e. The summed E-state index contributed by atoms with van der Waals surface area (Å²) in [6, 6.07) is 67.6. The van der Waals surface area contributed by atoms with E-state index in [1.807, 2.05) is 18.3 Å². The van der Waals surface area contributed by atoms with Crippen molar-refractivity contribution in [2.75, 3.05) is 0 Å². The Kier molecular flexibility index (Phi) is 7.08. The number of hydrogen-bond acceptors (Lipinski definition) is 3. The van der Waals surface area contributed by atoms with Gasteiger partial charge in [-0.1, -0.05) is 176 Å². The van der Waals surface area contributed by atoms with E-state index in [-0.39, 0.29) is 0 Å². The lowest BCUT2D eigenvalue weighted by atomic mass is 9.70. The van der Waals surface area contributed by atoms with E-state index < -0.39 is 5.41 Å². The summed E-state index contributed by atoms with van der Waals surface area (Å²) >= 11 is 0. The van der Waals surface area contributed by atoms with E-state index in [4.69, 9.17) is 9.97 Å². The zero-order valence-corrected chi connectivity index (χ0v) is 29.9. The average Bonchev–Trinajstić information content (AvgIpc) is 3.75. The highest BCUT2D eigenvalue weighted by Crippen LogP contribution is 2.63. The molecule has 0 amide bonds. The molecule has 1 spiro atoms. The van der Waals surface area contributed by atoms with Crippen LogP contribution in [0.3, 0.4) is 0 Å². The van der Waals surface area contributed by atoms with Crippen molar-refractivity contribution in [1.29, 1.82) is 0 Å². The summed E-state index contributed by atoms with van der Waals surface area (Å²) in [5.74, 6) is 0.693. The Morgan fingerprint density at radius 3 is 1.49 bits per heavy atom. The van der Waals surface area contributed by atoms with Gasteiger partial charge in [0.2, 0.25) is 0 Å². The van der Waals surface area contributed by atoms with Crippen LogP contribution in [0.5, 0.6) is 0 Å². The van der Waals surface area contributed by atoms with Crippen LogP contribution >= 0.6 is 0 Å². The molecule has 0 bridgehead atoms. The number of nitrogens with zero attached hydrogens (tertiary/aromatic N) is 3. The number of rotatable bonds is 5. The smallest absolute Gasteiger partial charge is 0.160 e. The largest absolute Gasteiger partial charge is 0.264 e. The van der Waals surface area contributed by atoms with Crippen LogP contribution in [0.2, 0.25) is 0 Å². The van der Waals surface area contributed by atoms with E-state index in [1.54, 1.807) is 6.20 Å². The van der Waals surface area contributed by atoms with Crippen molar-refractivity contribution in [2.45, 2.75) is 5.41 Å². The summed E-state index contributed by atoms with van der Waals surface area (Å²) in [6.45, 7) is 0. The summed E-state index contributed by atoms with van der Waals surface area (Å²) in [5, 5.41) is 0. The highest BCUT2D eigenvalue weighted by Gasteiger charge is 2.52. The molecular formula is C52H33N3. The fraction of sp³-hybridized carbons (Fsp3) is 0.0192. The molecule has 9 aromatic rings. The lowest BCUT2D eigenvalue weighted by molar-refractivity contribution is 0.794. The minimum atomic E-state index is -0.427. The van der Waals surface area contributed by atoms with Crippen LogP contribution in [0.1, 0.15) is 22.3 Å². The SMILES string of the molecule is c1ccc(-c2ccc(-c3nc(-c4ccc(-c5cccnc5)cc4)cc(-c4cccc5c4-c4ccccc4C54c5ccccc5-c5ccccc54)n3)cc2)cc1. The maximum Gasteiger partial charge on any atom is 0.160 e. The Bertz CT molecular complexity index is 2750. The van der Waals surface area contributed by atoms with Gasteiger partial charge in [-0.25, -0.2) is 9.97 Å². The normalized spacial score (nSPS) is 12.9. The molecular weight excluding hydrogens is 667 g/mol. The third-order valence-electron chi connectivity index (χ3n) is 11.4. The first kappa shape index (κ1) is 31.3. The fourth-order valence-electron chi connectivity index (χ4n) is 9.03. The van der Waals surface area contributed by atoms with E-state index in [0.717, 1.165) is 44.8 Å². The zero-order valence-electron chi connectivity index (χ0n) is 29.9. The zero-order chi connectivity index (χ0) is 36.3. The van der Waals surface area contributed by atoms with Gasteiger partial charge in [0.25, 0.3) is 0 Å². The average molecular weight is 700 g/mol. The van der Waals surface area contributed by atoms with Gasteiger partial charge in [0.15, 0.2) is 5.82 Å². The maximum atomic E-state index is 5.40. The van der Waals surface area contributed by atoms with Crippen LogP contribution < -0.4 is 0 Å². The molecule has 0 fully saturated rings. The Morgan fingerprint density at radius 1 is 0.327 bits per heavy atom. The van der Waals surface area contributed by atoms with Crippen molar-refractivity contribution in [2.24, 2.45) is 0 Å². The molecule has 7 aromatic carbocycles. The molecule has 3 nitrogen and oxygen atoms in total. The second-order valence-corrected chi connectivity index (χ2v) is 14.3. The Morgan fingerprint density at radius 2 is 0.818 bits per heavy atom. The van der Waals surface area contributed by atoms with E-state index >= 15 is 0 Å². The highest BCUT2D eigenvalue weighted by atomic mass is 14.9. The lowest BCUT2D eigenvalue weighted by Crippen LogP contribution is -2.25. The van der Waals surface area contributed by atoms with Gasteiger partial charge in [0, 0.05) is 29.1 Å². The van der Waals surface area contributed by atoms with Crippen molar-refractivity contribution in [3.05, 3.63) is 223 Å².